The van der Waals surface area contributed by atoms with Crippen LogP contribution in [0.2, 0.25) is 0 Å². The lowest BCUT2D eigenvalue weighted by Gasteiger charge is -2.17. The van der Waals surface area contributed by atoms with E-state index in [0.29, 0.717) is 0 Å². The lowest BCUT2D eigenvalue weighted by molar-refractivity contribution is 0.528. The Morgan fingerprint density at radius 1 is 1.60 bits per heavy atom. The van der Waals surface area contributed by atoms with E-state index in [4.69, 9.17) is 16.9 Å². The van der Waals surface area contributed by atoms with Crippen molar-refractivity contribution in [1.82, 2.24) is 0 Å². The average molecular weight is 156 g/mol. The Morgan fingerprint density at radius 2 is 2.40 bits per heavy atom. The Kier molecular flexibility index (Phi) is 2.77. The third kappa shape index (κ3) is 1.52. The van der Waals surface area contributed by atoms with Gasteiger partial charge in [-0.2, -0.15) is 5.26 Å². The van der Waals surface area contributed by atoms with Crippen molar-refractivity contribution in [1.29, 1.82) is 5.26 Å². The van der Waals surface area contributed by atoms with E-state index >= 15 is 0 Å². The molecule has 1 atom stereocenters. The first-order valence-corrected chi connectivity index (χ1v) is 4.01. The van der Waals surface area contributed by atoms with Gasteiger partial charge in [0.05, 0.1) is 12.0 Å². The highest BCUT2D eigenvalue weighted by Gasteiger charge is 2.17. The van der Waals surface area contributed by atoms with Gasteiger partial charge in [-0.3, -0.25) is 0 Å². The maximum atomic E-state index is 8.64. The first-order chi connectivity index (χ1) is 4.88. The van der Waals surface area contributed by atoms with Gasteiger partial charge in [0, 0.05) is 5.54 Å². The van der Waals surface area contributed by atoms with Crippen molar-refractivity contribution in [3.8, 4) is 6.07 Å². The summed E-state index contributed by atoms with van der Waals surface area (Å²) in [5.41, 5.74) is 2.70. The van der Waals surface area contributed by atoms with Gasteiger partial charge in [-0.1, -0.05) is 18.0 Å². The molecule has 1 fully saturated rings. The normalized spacial score (nSPS) is 30.0. The Labute approximate surface area is 66.3 Å². The molecule has 0 heterocycles. The first-order valence-electron chi connectivity index (χ1n) is 3.57. The lowest BCUT2D eigenvalue weighted by atomic mass is 9.86. The molecule has 0 amide bonds. The fourth-order valence-corrected chi connectivity index (χ4v) is 1.58. The van der Waals surface area contributed by atoms with Crippen LogP contribution in [-0.4, -0.2) is 0 Å². The summed E-state index contributed by atoms with van der Waals surface area (Å²) < 4.78 is 0. The predicted octanol–water partition coefficient (Wildman–Crippen LogP) is 2.82. The molecule has 0 aromatic heterocycles. The molecule has 0 aromatic carbocycles. The molecule has 0 aliphatic heterocycles. The van der Waals surface area contributed by atoms with Crippen molar-refractivity contribution in [2.75, 3.05) is 0 Å². The minimum absolute atomic E-state index is 0.103. The molecule has 1 saturated carbocycles. The molecule has 1 unspecified atom stereocenters. The van der Waals surface area contributed by atoms with Crippen molar-refractivity contribution in [3.05, 3.63) is 11.1 Å². The van der Waals surface area contributed by atoms with Crippen molar-refractivity contribution in [2.45, 2.75) is 25.7 Å². The van der Waals surface area contributed by atoms with Gasteiger partial charge in [0.15, 0.2) is 0 Å². The van der Waals surface area contributed by atoms with Crippen LogP contribution in [0.5, 0.6) is 0 Å². The van der Waals surface area contributed by atoms with Crippen LogP contribution in [-0.2, 0) is 0 Å². The van der Waals surface area contributed by atoms with E-state index in [1.807, 2.05) is 0 Å². The van der Waals surface area contributed by atoms with Crippen LogP contribution in [0.4, 0.5) is 0 Å². The van der Waals surface area contributed by atoms with Crippen LogP contribution in [0.3, 0.4) is 0 Å². The number of nitriles is 1. The van der Waals surface area contributed by atoms with Crippen LogP contribution in [0.1, 0.15) is 25.7 Å². The standard InChI is InChI=1S/C8H10ClN/c9-5-7-3-1-2-4-8(7)6-10/h5,8H,1-4H2. The molecule has 2 heteroatoms. The molecule has 10 heavy (non-hydrogen) atoms. The summed E-state index contributed by atoms with van der Waals surface area (Å²) in [7, 11) is 0. The number of halogens is 1. The van der Waals surface area contributed by atoms with Crippen LogP contribution in [0.15, 0.2) is 11.1 Å². The van der Waals surface area contributed by atoms with Crippen molar-refractivity contribution < 1.29 is 0 Å². The quantitative estimate of drug-likeness (QED) is 0.528. The molecule has 0 bridgehead atoms. The van der Waals surface area contributed by atoms with Gasteiger partial charge in [0.25, 0.3) is 0 Å². The first kappa shape index (κ1) is 7.63. The Balaban J connectivity index is 2.62. The average Bonchev–Trinajstić information content (AvgIpc) is 2.04. The van der Waals surface area contributed by atoms with Gasteiger partial charge in [-0.15, -0.1) is 0 Å². The van der Waals surface area contributed by atoms with Crippen molar-refractivity contribution in [2.24, 2.45) is 5.92 Å². The summed E-state index contributed by atoms with van der Waals surface area (Å²) in [6.07, 6.45) is 4.37. The van der Waals surface area contributed by atoms with E-state index in [9.17, 15) is 0 Å². The zero-order valence-corrected chi connectivity index (χ0v) is 6.56. The second-order valence-electron chi connectivity index (χ2n) is 2.61. The summed E-state index contributed by atoms with van der Waals surface area (Å²) >= 11 is 5.54. The maximum Gasteiger partial charge on any atom is 0.0700 e. The third-order valence-electron chi connectivity index (χ3n) is 1.95. The van der Waals surface area contributed by atoms with E-state index in [1.54, 1.807) is 5.54 Å². The maximum absolute atomic E-state index is 8.64. The number of hydrogen-bond donors (Lipinski definition) is 0. The smallest absolute Gasteiger partial charge is 0.0700 e. The zero-order valence-electron chi connectivity index (χ0n) is 5.81. The van der Waals surface area contributed by atoms with Gasteiger partial charge >= 0.3 is 0 Å². The summed E-state index contributed by atoms with van der Waals surface area (Å²) in [4.78, 5) is 0. The molecule has 54 valence electrons. The summed E-state index contributed by atoms with van der Waals surface area (Å²) in [5.74, 6) is 0.103. The zero-order chi connectivity index (χ0) is 7.40. The van der Waals surface area contributed by atoms with Crippen LogP contribution >= 0.6 is 11.6 Å². The molecule has 1 aliphatic carbocycles. The van der Waals surface area contributed by atoms with E-state index in [1.165, 1.54) is 12.8 Å². The molecule has 0 aromatic rings. The summed E-state index contributed by atoms with van der Waals surface area (Å²) in [6.45, 7) is 0. The van der Waals surface area contributed by atoms with E-state index in [0.717, 1.165) is 18.4 Å². The van der Waals surface area contributed by atoms with Gasteiger partial charge in [-0.25, -0.2) is 0 Å². The fraction of sp³-hybridized carbons (Fsp3) is 0.625. The minimum Gasteiger partial charge on any atom is -0.198 e. The van der Waals surface area contributed by atoms with E-state index in [2.05, 4.69) is 6.07 Å². The number of allylic oxidation sites excluding steroid dienone is 1. The van der Waals surface area contributed by atoms with Crippen LogP contribution in [0, 0.1) is 17.2 Å². The lowest BCUT2D eigenvalue weighted by Crippen LogP contribution is -2.06. The van der Waals surface area contributed by atoms with Gasteiger partial charge in [0.2, 0.25) is 0 Å². The van der Waals surface area contributed by atoms with Gasteiger partial charge in [0.1, 0.15) is 0 Å². The summed E-state index contributed by atoms with van der Waals surface area (Å²) in [5, 5.41) is 8.64. The largest absolute Gasteiger partial charge is 0.198 e. The van der Waals surface area contributed by atoms with E-state index < -0.39 is 0 Å². The fourth-order valence-electron chi connectivity index (χ4n) is 1.32. The monoisotopic (exact) mass is 155 g/mol. The molecule has 1 aliphatic rings. The highest BCUT2D eigenvalue weighted by molar-refractivity contribution is 6.25. The molecule has 0 saturated heterocycles. The number of hydrogen-bond acceptors (Lipinski definition) is 1. The molecule has 0 spiro atoms. The predicted molar refractivity (Wildman–Crippen MR) is 41.5 cm³/mol. The Hall–Kier alpha value is -0.480. The Morgan fingerprint density at radius 3 is 2.90 bits per heavy atom. The van der Waals surface area contributed by atoms with Crippen LogP contribution < -0.4 is 0 Å². The number of nitrogens with zero attached hydrogens (tertiary/aromatic N) is 1. The Bertz CT molecular complexity index is 178. The highest BCUT2D eigenvalue weighted by atomic mass is 35.5. The number of rotatable bonds is 0. The topological polar surface area (TPSA) is 23.8 Å². The molecule has 0 N–H and O–H groups in total. The third-order valence-corrected chi connectivity index (χ3v) is 2.23. The second kappa shape index (κ2) is 3.63. The van der Waals surface area contributed by atoms with Gasteiger partial charge < -0.3 is 0 Å². The molecular weight excluding hydrogens is 146 g/mol. The minimum atomic E-state index is 0.103. The van der Waals surface area contributed by atoms with Crippen molar-refractivity contribution in [3.63, 3.8) is 0 Å². The van der Waals surface area contributed by atoms with E-state index in [-0.39, 0.29) is 5.92 Å². The molecule has 1 rings (SSSR count). The van der Waals surface area contributed by atoms with Gasteiger partial charge in [-0.05, 0) is 24.8 Å². The SMILES string of the molecule is N#CC1CCCCC1=CCl. The van der Waals surface area contributed by atoms with Crippen molar-refractivity contribution >= 4 is 11.6 Å². The highest BCUT2D eigenvalue weighted by Crippen LogP contribution is 2.28. The molecular formula is C8H10ClN. The second-order valence-corrected chi connectivity index (χ2v) is 2.83. The molecule has 1 nitrogen and oxygen atoms in total. The summed E-state index contributed by atoms with van der Waals surface area (Å²) in [6, 6.07) is 2.25. The van der Waals surface area contributed by atoms with Crippen LogP contribution in [0.25, 0.3) is 0 Å². The molecule has 0 radical (unpaired) electrons.